The first-order chi connectivity index (χ1) is 17.0. The molecule has 2 aromatic rings. The number of nitrogens with one attached hydrogen (secondary N) is 1. The number of aliphatic carboxylic acids is 1. The second-order valence-corrected chi connectivity index (χ2v) is 10.1. The molecule has 0 saturated carbocycles. The number of carbonyl (C=O) groups is 3. The molecule has 2 N–H and O–H groups in total. The number of likely N-dealkylation sites (tertiary alicyclic amines) is 1. The summed E-state index contributed by atoms with van der Waals surface area (Å²) < 4.78 is 11.1. The Morgan fingerprint density at radius 1 is 1.09 bits per heavy atom. The van der Waals surface area contributed by atoms with E-state index in [0.717, 1.165) is 11.1 Å². The Hall–Kier alpha value is -3.04. The summed E-state index contributed by atoms with van der Waals surface area (Å²) in [5.74, 6) is -0.489. The van der Waals surface area contributed by atoms with Crippen molar-refractivity contribution in [3.8, 4) is 11.1 Å². The lowest BCUT2D eigenvalue weighted by Crippen LogP contribution is -2.46. The predicted octanol–water partition coefficient (Wildman–Crippen LogP) is 3.10. The van der Waals surface area contributed by atoms with Crippen LogP contribution < -0.4 is 5.32 Å². The van der Waals surface area contributed by atoms with Gasteiger partial charge in [0.1, 0.15) is 12.6 Å². The van der Waals surface area contributed by atoms with E-state index in [2.05, 4.69) is 29.6 Å². The predicted molar refractivity (Wildman–Crippen MR) is 131 cm³/mol. The Morgan fingerprint density at radius 3 is 2.46 bits per heavy atom. The van der Waals surface area contributed by atoms with Gasteiger partial charge in [-0.3, -0.25) is 4.79 Å². The van der Waals surface area contributed by atoms with Crippen LogP contribution in [0.5, 0.6) is 0 Å². The van der Waals surface area contributed by atoms with Crippen LogP contribution in [-0.2, 0) is 19.1 Å². The van der Waals surface area contributed by atoms with Crippen LogP contribution in [0, 0.1) is 0 Å². The molecule has 0 aromatic heterocycles. The van der Waals surface area contributed by atoms with Gasteiger partial charge in [-0.2, -0.15) is 11.8 Å². The fraction of sp³-hybridized carbons (Fsp3) is 0.423. The number of carboxylic acids is 1. The smallest absolute Gasteiger partial charge is 0.407 e. The molecule has 9 heteroatoms. The van der Waals surface area contributed by atoms with E-state index in [1.807, 2.05) is 24.3 Å². The highest BCUT2D eigenvalue weighted by Gasteiger charge is 2.49. The van der Waals surface area contributed by atoms with Crippen molar-refractivity contribution in [3.63, 3.8) is 0 Å². The van der Waals surface area contributed by atoms with E-state index in [9.17, 15) is 19.5 Å². The summed E-state index contributed by atoms with van der Waals surface area (Å²) in [5, 5.41) is 12.2. The number of hydrogen-bond donors (Lipinski definition) is 2. The first-order valence-electron chi connectivity index (χ1n) is 11.9. The number of fused-ring (bicyclic) bond motifs is 4. The monoisotopic (exact) mass is 496 g/mol. The normalized spacial score (nSPS) is 22.4. The van der Waals surface area contributed by atoms with Gasteiger partial charge in [0.25, 0.3) is 0 Å². The van der Waals surface area contributed by atoms with Crippen LogP contribution in [0.2, 0.25) is 0 Å². The zero-order chi connectivity index (χ0) is 24.4. The third-order valence-electron chi connectivity index (χ3n) is 6.98. The van der Waals surface area contributed by atoms with Gasteiger partial charge in [-0.15, -0.1) is 0 Å². The van der Waals surface area contributed by atoms with Crippen LogP contribution >= 0.6 is 11.8 Å². The molecule has 2 fully saturated rings. The lowest BCUT2D eigenvalue weighted by atomic mass is 9.98. The Morgan fingerprint density at radius 2 is 1.77 bits per heavy atom. The minimum absolute atomic E-state index is 0.00572. The Labute approximate surface area is 208 Å². The van der Waals surface area contributed by atoms with E-state index in [1.54, 1.807) is 0 Å². The summed E-state index contributed by atoms with van der Waals surface area (Å²) in [5.41, 5.74) is 4.67. The molecule has 3 atom stereocenters. The van der Waals surface area contributed by atoms with E-state index >= 15 is 0 Å². The number of alkyl carbamates (subject to hydrolysis) is 1. The fourth-order valence-corrected chi connectivity index (χ4v) is 6.15. The van der Waals surface area contributed by atoms with Gasteiger partial charge in [0, 0.05) is 31.2 Å². The molecule has 2 amide bonds. The number of ether oxygens (including phenoxy) is 2. The minimum Gasteiger partial charge on any atom is -0.480 e. The summed E-state index contributed by atoms with van der Waals surface area (Å²) >= 11 is 1.37. The third kappa shape index (κ3) is 4.75. The summed E-state index contributed by atoms with van der Waals surface area (Å²) in [6.07, 6.45) is 0.351. The van der Waals surface area contributed by atoms with Crippen LogP contribution in [-0.4, -0.2) is 77.4 Å². The molecular weight excluding hydrogens is 468 g/mol. The first kappa shape index (κ1) is 23.7. The van der Waals surface area contributed by atoms with E-state index in [4.69, 9.17) is 9.47 Å². The van der Waals surface area contributed by atoms with Crippen molar-refractivity contribution >= 4 is 29.7 Å². The number of rotatable bonds is 8. The molecule has 35 heavy (non-hydrogen) atoms. The van der Waals surface area contributed by atoms with Gasteiger partial charge in [0.05, 0.1) is 17.9 Å². The van der Waals surface area contributed by atoms with Gasteiger partial charge < -0.3 is 24.8 Å². The molecule has 2 aromatic carbocycles. The average Bonchev–Trinajstić information content (AvgIpc) is 3.54. The molecule has 8 nitrogen and oxygen atoms in total. The van der Waals surface area contributed by atoms with E-state index < -0.39 is 18.1 Å². The maximum absolute atomic E-state index is 12.7. The SMILES string of the molecule is O=C(NCCSCC(=O)N1C(C(=O)O)CC2OCCC21)OCC1c2ccccc2-c2ccccc21. The molecular formula is C26H28N2O6S. The van der Waals surface area contributed by atoms with Gasteiger partial charge in [0.15, 0.2) is 0 Å². The fourth-order valence-electron chi connectivity index (χ4n) is 5.43. The van der Waals surface area contributed by atoms with Crippen LogP contribution in [0.25, 0.3) is 11.1 Å². The Balaban J connectivity index is 1.06. The van der Waals surface area contributed by atoms with Gasteiger partial charge in [-0.1, -0.05) is 48.5 Å². The van der Waals surface area contributed by atoms with Crippen molar-refractivity contribution in [1.82, 2.24) is 10.2 Å². The molecule has 2 aliphatic heterocycles. The van der Waals surface area contributed by atoms with Crippen molar-refractivity contribution in [2.45, 2.75) is 36.9 Å². The molecule has 2 heterocycles. The average molecular weight is 497 g/mol. The van der Waals surface area contributed by atoms with Crippen LogP contribution in [0.1, 0.15) is 29.9 Å². The summed E-state index contributed by atoms with van der Waals surface area (Å²) in [4.78, 5) is 38.1. The zero-order valence-electron chi connectivity index (χ0n) is 19.2. The van der Waals surface area contributed by atoms with Gasteiger partial charge in [0.2, 0.25) is 5.91 Å². The third-order valence-corrected chi connectivity index (χ3v) is 7.93. The molecule has 0 bridgehead atoms. The Kier molecular flexibility index (Phi) is 6.97. The van der Waals surface area contributed by atoms with Crippen LogP contribution in [0.15, 0.2) is 48.5 Å². The summed E-state index contributed by atoms with van der Waals surface area (Å²) in [6.45, 7) is 1.16. The largest absolute Gasteiger partial charge is 0.480 e. The van der Waals surface area contributed by atoms with Gasteiger partial charge in [-0.05, 0) is 28.7 Å². The molecule has 5 rings (SSSR count). The number of amides is 2. The number of carboxylic acid groups (broad SMARTS) is 1. The zero-order valence-corrected chi connectivity index (χ0v) is 20.0. The molecule has 0 spiro atoms. The summed E-state index contributed by atoms with van der Waals surface area (Å²) in [7, 11) is 0. The maximum Gasteiger partial charge on any atom is 0.407 e. The number of benzene rings is 2. The molecule has 184 valence electrons. The quantitative estimate of drug-likeness (QED) is 0.541. The van der Waals surface area contributed by atoms with Crippen molar-refractivity contribution in [2.24, 2.45) is 0 Å². The van der Waals surface area contributed by atoms with Crippen molar-refractivity contribution in [1.29, 1.82) is 0 Å². The summed E-state index contributed by atoms with van der Waals surface area (Å²) in [6, 6.07) is 15.4. The molecule has 2 saturated heterocycles. The van der Waals surface area contributed by atoms with Crippen LogP contribution in [0.4, 0.5) is 4.79 Å². The topological polar surface area (TPSA) is 105 Å². The lowest BCUT2D eigenvalue weighted by molar-refractivity contribution is -0.148. The number of thioether (sulfide) groups is 1. The van der Waals surface area contributed by atoms with Gasteiger partial charge in [-0.25, -0.2) is 9.59 Å². The number of nitrogens with zero attached hydrogens (tertiary/aromatic N) is 1. The second kappa shape index (κ2) is 10.3. The molecule has 3 aliphatic rings. The number of hydrogen-bond acceptors (Lipinski definition) is 6. The molecule has 1 aliphatic carbocycles. The van der Waals surface area contributed by atoms with Crippen molar-refractivity contribution in [3.05, 3.63) is 59.7 Å². The highest BCUT2D eigenvalue weighted by molar-refractivity contribution is 7.99. The second-order valence-electron chi connectivity index (χ2n) is 8.96. The van der Waals surface area contributed by atoms with E-state index in [-0.39, 0.29) is 36.3 Å². The van der Waals surface area contributed by atoms with Crippen LogP contribution in [0.3, 0.4) is 0 Å². The van der Waals surface area contributed by atoms with Crippen molar-refractivity contribution in [2.75, 3.05) is 31.3 Å². The molecule has 3 unspecified atom stereocenters. The first-order valence-corrected chi connectivity index (χ1v) is 13.0. The minimum atomic E-state index is -0.988. The Bertz CT molecular complexity index is 1080. The standard InChI is InChI=1S/C26H28N2O6S/c29-24(28-21-9-11-33-23(21)13-22(28)25(30)31)15-35-12-10-27-26(32)34-14-20-18-7-3-1-5-16(18)17-6-2-4-8-19(17)20/h1-8,20-23H,9-15H2,(H,27,32)(H,30,31). The van der Waals surface area contributed by atoms with E-state index in [0.29, 0.717) is 31.7 Å². The maximum atomic E-state index is 12.7. The lowest BCUT2D eigenvalue weighted by Gasteiger charge is -2.26. The van der Waals surface area contributed by atoms with E-state index in [1.165, 1.54) is 27.8 Å². The highest BCUT2D eigenvalue weighted by Crippen LogP contribution is 2.44. The van der Waals surface area contributed by atoms with Crippen molar-refractivity contribution < 1.29 is 29.0 Å². The number of carbonyl (C=O) groups excluding carboxylic acids is 2. The molecule has 0 radical (unpaired) electrons. The highest BCUT2D eigenvalue weighted by atomic mass is 32.2. The van der Waals surface area contributed by atoms with Gasteiger partial charge >= 0.3 is 12.1 Å².